The van der Waals surface area contributed by atoms with E-state index in [0.717, 1.165) is 46.3 Å². The van der Waals surface area contributed by atoms with E-state index in [9.17, 15) is 9.90 Å². The van der Waals surface area contributed by atoms with E-state index in [2.05, 4.69) is 42.8 Å². The van der Waals surface area contributed by atoms with Crippen molar-refractivity contribution in [3.05, 3.63) is 60.9 Å². The van der Waals surface area contributed by atoms with Gasteiger partial charge in [-0.05, 0) is 74.9 Å². The number of fused-ring (bicyclic) bond motifs is 4. The lowest BCUT2D eigenvalue weighted by atomic mass is 9.83. The van der Waals surface area contributed by atoms with E-state index in [-0.39, 0.29) is 12.2 Å². The number of pyridine rings is 1. The highest BCUT2D eigenvalue weighted by Crippen LogP contribution is 2.36. The van der Waals surface area contributed by atoms with Crippen LogP contribution in [0.1, 0.15) is 23.6 Å². The molecule has 3 atom stereocenters. The molecular formula is C21H24Br2N2O3. The fourth-order valence-corrected chi connectivity index (χ4v) is 6.14. The molecule has 1 saturated heterocycles. The van der Waals surface area contributed by atoms with Crippen molar-refractivity contribution in [1.29, 1.82) is 0 Å². The van der Waals surface area contributed by atoms with Gasteiger partial charge in [-0.1, -0.05) is 6.07 Å². The largest absolute Gasteiger partial charge is 0.488 e. The number of aryl methyl sites for hydroxylation is 1. The first kappa shape index (κ1) is 20.1. The van der Waals surface area contributed by atoms with Gasteiger partial charge in [-0.2, -0.15) is 0 Å². The van der Waals surface area contributed by atoms with Crippen molar-refractivity contribution >= 4 is 31.9 Å². The molecule has 0 amide bonds. The minimum absolute atomic E-state index is 0.100. The molecule has 1 fully saturated rings. The second kappa shape index (κ2) is 8.30. The van der Waals surface area contributed by atoms with Crippen molar-refractivity contribution in [3.8, 4) is 5.75 Å². The number of aliphatic hydroxyl groups excluding tert-OH is 1. The highest BCUT2D eigenvalue weighted by molar-refractivity contribution is 9.11. The Hall–Kier alpha value is -1.15. The number of benzene rings is 1. The van der Waals surface area contributed by atoms with Crippen molar-refractivity contribution < 1.29 is 9.84 Å². The van der Waals surface area contributed by atoms with Gasteiger partial charge in [-0.3, -0.25) is 9.69 Å². The van der Waals surface area contributed by atoms with Gasteiger partial charge in [0.05, 0.1) is 8.95 Å². The molecule has 2 bridgehead atoms. The van der Waals surface area contributed by atoms with Crippen molar-refractivity contribution in [2.45, 2.75) is 31.9 Å². The predicted molar refractivity (Wildman–Crippen MR) is 116 cm³/mol. The molecule has 1 aromatic heterocycles. The van der Waals surface area contributed by atoms with Crippen LogP contribution in [0, 0.1) is 12.8 Å². The molecule has 5 nitrogen and oxygen atoms in total. The highest BCUT2D eigenvalue weighted by atomic mass is 79.9. The number of hydrogen-bond acceptors (Lipinski definition) is 4. The summed E-state index contributed by atoms with van der Waals surface area (Å²) >= 11 is 7.05. The summed E-state index contributed by atoms with van der Waals surface area (Å²) in [5, 5.41) is 10.5. The number of aromatic nitrogens is 1. The number of likely N-dealkylation sites (tertiary alicyclic amines) is 1. The molecule has 150 valence electrons. The van der Waals surface area contributed by atoms with Gasteiger partial charge < -0.3 is 14.4 Å². The average Bonchev–Trinajstić information content (AvgIpc) is 2.61. The van der Waals surface area contributed by atoms with E-state index in [4.69, 9.17) is 4.74 Å². The van der Waals surface area contributed by atoms with E-state index < -0.39 is 6.10 Å². The van der Waals surface area contributed by atoms with Crippen LogP contribution in [-0.4, -0.2) is 46.9 Å². The van der Waals surface area contributed by atoms with E-state index in [1.807, 2.05) is 29.7 Å². The zero-order valence-corrected chi connectivity index (χ0v) is 18.9. The van der Waals surface area contributed by atoms with Crippen molar-refractivity contribution in [1.82, 2.24) is 9.47 Å². The Morgan fingerprint density at radius 1 is 1.21 bits per heavy atom. The van der Waals surface area contributed by atoms with Crippen LogP contribution in [0.2, 0.25) is 0 Å². The average molecular weight is 512 g/mol. The summed E-state index contributed by atoms with van der Waals surface area (Å²) in [5.74, 6) is 1.53. The van der Waals surface area contributed by atoms with Gasteiger partial charge in [0.2, 0.25) is 0 Å². The van der Waals surface area contributed by atoms with Crippen LogP contribution in [0.5, 0.6) is 5.75 Å². The number of aliphatic hydroxyl groups is 1. The standard InChI is InChI=1S/C21H24Br2N2O3/c1-13-5-17(22)21(18(23)6-13)28-12-16(26)11-24-8-14-7-15(10-24)19-3-2-4-20(27)25(19)9-14/h2-6,14-16,26H,7-12H2,1H3/t14-,15+,16+/m0/s1. The molecule has 7 heteroatoms. The first-order valence-electron chi connectivity index (χ1n) is 9.59. The molecule has 0 spiro atoms. The van der Waals surface area contributed by atoms with Gasteiger partial charge >= 0.3 is 0 Å². The smallest absolute Gasteiger partial charge is 0.250 e. The molecule has 0 radical (unpaired) electrons. The van der Waals surface area contributed by atoms with Gasteiger partial charge in [0.25, 0.3) is 5.56 Å². The summed E-state index contributed by atoms with van der Waals surface area (Å²) in [7, 11) is 0. The Labute approximate surface area is 181 Å². The normalized spacial score (nSPS) is 22.6. The Morgan fingerprint density at radius 2 is 1.96 bits per heavy atom. The van der Waals surface area contributed by atoms with Gasteiger partial charge in [0.15, 0.2) is 0 Å². The Balaban J connectivity index is 1.37. The summed E-state index contributed by atoms with van der Waals surface area (Å²) in [4.78, 5) is 14.4. The molecule has 2 aromatic rings. The molecular weight excluding hydrogens is 488 g/mol. The maximum atomic E-state index is 12.1. The van der Waals surface area contributed by atoms with Crippen molar-refractivity contribution in [2.24, 2.45) is 5.92 Å². The molecule has 1 N–H and O–H groups in total. The third kappa shape index (κ3) is 4.22. The summed E-state index contributed by atoms with van der Waals surface area (Å²) < 4.78 is 9.56. The first-order chi connectivity index (χ1) is 13.4. The lowest BCUT2D eigenvalue weighted by molar-refractivity contribution is 0.0381. The van der Waals surface area contributed by atoms with Gasteiger partial charge in [-0.15, -0.1) is 0 Å². The zero-order chi connectivity index (χ0) is 19.8. The van der Waals surface area contributed by atoms with E-state index in [1.54, 1.807) is 6.07 Å². The topological polar surface area (TPSA) is 54.7 Å². The summed E-state index contributed by atoms with van der Waals surface area (Å²) in [5.41, 5.74) is 2.36. The number of halogens is 2. The number of nitrogens with zero attached hydrogens (tertiary/aromatic N) is 2. The van der Waals surface area contributed by atoms with Crippen molar-refractivity contribution in [3.63, 3.8) is 0 Å². The van der Waals surface area contributed by atoms with Crippen LogP contribution in [0.15, 0.2) is 44.1 Å². The SMILES string of the molecule is Cc1cc(Br)c(OC[C@H](O)CN2C[C@@H]3C[C@H](C2)c2cccc(=O)n2C3)c(Br)c1. The molecule has 0 aliphatic carbocycles. The number of hydrogen-bond donors (Lipinski definition) is 1. The fourth-order valence-electron chi connectivity index (χ4n) is 4.50. The number of rotatable bonds is 5. The lowest BCUT2D eigenvalue weighted by Gasteiger charge is -2.43. The first-order valence-corrected chi connectivity index (χ1v) is 11.2. The summed E-state index contributed by atoms with van der Waals surface area (Å²) in [6, 6.07) is 9.56. The van der Waals surface area contributed by atoms with Crippen LogP contribution in [0.25, 0.3) is 0 Å². The number of ether oxygens (including phenoxy) is 1. The van der Waals surface area contributed by atoms with Crippen molar-refractivity contribution in [2.75, 3.05) is 26.2 Å². The molecule has 4 rings (SSSR count). The second-order valence-corrected chi connectivity index (χ2v) is 9.65. The Morgan fingerprint density at radius 3 is 2.71 bits per heavy atom. The van der Waals surface area contributed by atoms with E-state index in [0.29, 0.717) is 24.1 Å². The maximum Gasteiger partial charge on any atom is 0.250 e. The monoisotopic (exact) mass is 510 g/mol. The highest BCUT2D eigenvalue weighted by Gasteiger charge is 2.34. The molecule has 0 saturated carbocycles. The zero-order valence-electron chi connectivity index (χ0n) is 15.8. The molecule has 1 aromatic carbocycles. The Bertz CT molecular complexity index is 907. The van der Waals surface area contributed by atoms with Gasteiger partial charge in [-0.25, -0.2) is 0 Å². The van der Waals surface area contributed by atoms with Crippen LogP contribution >= 0.6 is 31.9 Å². The van der Waals surface area contributed by atoms with E-state index >= 15 is 0 Å². The number of piperidine rings is 1. The van der Waals surface area contributed by atoms with Gasteiger partial charge in [0, 0.05) is 43.9 Å². The molecule has 2 aliphatic heterocycles. The van der Waals surface area contributed by atoms with Crippen LogP contribution < -0.4 is 10.3 Å². The van der Waals surface area contributed by atoms with Crippen LogP contribution in [0.4, 0.5) is 0 Å². The summed E-state index contributed by atoms with van der Waals surface area (Å²) in [6.45, 7) is 5.39. The molecule has 3 heterocycles. The summed E-state index contributed by atoms with van der Waals surface area (Å²) in [6.07, 6.45) is 0.549. The molecule has 28 heavy (non-hydrogen) atoms. The quantitative estimate of drug-likeness (QED) is 0.667. The predicted octanol–water partition coefficient (Wildman–Crippen LogP) is 3.54. The van der Waals surface area contributed by atoms with Crippen LogP contribution in [-0.2, 0) is 6.54 Å². The lowest BCUT2D eigenvalue weighted by Crippen LogP contribution is -2.49. The molecule has 0 unspecified atom stereocenters. The fraction of sp³-hybridized carbons (Fsp3) is 0.476. The van der Waals surface area contributed by atoms with E-state index in [1.165, 1.54) is 0 Å². The maximum absolute atomic E-state index is 12.1. The third-order valence-electron chi connectivity index (χ3n) is 5.59. The number of β-amino-alcohol motifs (C(OH)–C–C–N with tert-alkyl or cyclic N) is 1. The molecule has 2 aliphatic rings. The minimum atomic E-state index is -0.572. The van der Waals surface area contributed by atoms with Gasteiger partial charge in [0.1, 0.15) is 18.5 Å². The second-order valence-electron chi connectivity index (χ2n) is 7.94. The Kier molecular flexibility index (Phi) is 5.97. The minimum Gasteiger partial charge on any atom is -0.488 e. The third-order valence-corrected chi connectivity index (χ3v) is 6.77. The van der Waals surface area contributed by atoms with Crippen LogP contribution in [0.3, 0.4) is 0 Å².